The van der Waals surface area contributed by atoms with Gasteiger partial charge in [0.05, 0.1) is 0 Å². The first-order chi connectivity index (χ1) is 8.79. The molecule has 5 nitrogen and oxygen atoms in total. The predicted molar refractivity (Wildman–Crippen MR) is 62.7 cm³/mol. The highest BCUT2D eigenvalue weighted by Gasteiger charge is 2.28. The number of alkyl halides is 3. The Balaban J connectivity index is 2.23. The van der Waals surface area contributed by atoms with Gasteiger partial charge in [-0.05, 0) is 13.3 Å². The van der Waals surface area contributed by atoms with Crippen molar-refractivity contribution in [2.75, 3.05) is 6.61 Å². The van der Waals surface area contributed by atoms with E-state index < -0.39 is 18.7 Å². The van der Waals surface area contributed by atoms with Crippen LogP contribution in [0.15, 0.2) is 10.2 Å². The highest BCUT2D eigenvalue weighted by atomic mass is 32.1. The molecule has 0 saturated heterocycles. The number of carbonyl (C=O) groups excluding carboxylic acids is 1. The number of halogens is 3. The highest BCUT2D eigenvalue weighted by molar-refractivity contribution is 7.07. The van der Waals surface area contributed by atoms with Gasteiger partial charge in [-0.3, -0.25) is 14.4 Å². The minimum atomic E-state index is -4.48. The summed E-state index contributed by atoms with van der Waals surface area (Å²) in [6, 6.07) is 0. The smallest absolute Gasteiger partial charge is 0.303 e. The standard InChI is InChI=1S/C10H13F3N2O3S/c1-7-5-19-9(17)15(7)4-2-3-8(16)14-18-6-10(11,12)13/h5H,2-4,6H2,1H3,(H,14,16). The van der Waals surface area contributed by atoms with Crippen molar-refractivity contribution in [2.45, 2.75) is 32.5 Å². The molecule has 0 aromatic carbocycles. The summed E-state index contributed by atoms with van der Waals surface area (Å²) in [7, 11) is 0. The van der Waals surface area contributed by atoms with E-state index in [1.165, 1.54) is 4.57 Å². The molecule has 0 aliphatic carbocycles. The number of rotatable bonds is 6. The fourth-order valence-corrected chi connectivity index (χ4v) is 2.08. The lowest BCUT2D eigenvalue weighted by molar-refractivity contribution is -0.191. The Bertz CT molecular complexity index is 481. The molecule has 0 aliphatic rings. The molecule has 1 aromatic heterocycles. The maximum Gasteiger partial charge on any atom is 0.414 e. The summed E-state index contributed by atoms with van der Waals surface area (Å²) >= 11 is 1.06. The number of hydroxylamine groups is 1. The topological polar surface area (TPSA) is 60.3 Å². The van der Waals surface area contributed by atoms with E-state index in [0.717, 1.165) is 17.0 Å². The molecule has 0 bridgehead atoms. The molecule has 108 valence electrons. The van der Waals surface area contributed by atoms with E-state index in [0.29, 0.717) is 13.0 Å². The first-order valence-electron chi connectivity index (χ1n) is 5.42. The maximum atomic E-state index is 11.7. The molecule has 1 amide bonds. The van der Waals surface area contributed by atoms with Crippen molar-refractivity contribution in [2.24, 2.45) is 0 Å². The van der Waals surface area contributed by atoms with Crippen molar-refractivity contribution in [3.05, 3.63) is 20.7 Å². The van der Waals surface area contributed by atoms with Crippen LogP contribution in [0.25, 0.3) is 0 Å². The molecule has 1 rings (SSSR count). The molecule has 0 radical (unpaired) electrons. The van der Waals surface area contributed by atoms with Gasteiger partial charge < -0.3 is 4.57 Å². The van der Waals surface area contributed by atoms with Crippen LogP contribution >= 0.6 is 11.3 Å². The van der Waals surface area contributed by atoms with E-state index in [2.05, 4.69) is 4.84 Å². The Morgan fingerprint density at radius 3 is 2.74 bits per heavy atom. The molecule has 0 fully saturated rings. The number of aryl methyl sites for hydroxylation is 1. The Morgan fingerprint density at radius 2 is 2.21 bits per heavy atom. The largest absolute Gasteiger partial charge is 0.414 e. The summed E-state index contributed by atoms with van der Waals surface area (Å²) in [5.41, 5.74) is 2.50. The summed E-state index contributed by atoms with van der Waals surface area (Å²) in [6.45, 7) is 0.590. The minimum Gasteiger partial charge on any atom is -0.303 e. The zero-order chi connectivity index (χ0) is 14.5. The lowest BCUT2D eigenvalue weighted by Gasteiger charge is -2.08. The molecule has 0 saturated carbocycles. The summed E-state index contributed by atoms with van der Waals surface area (Å²) in [5.74, 6) is -0.648. The maximum absolute atomic E-state index is 11.7. The van der Waals surface area contributed by atoms with Gasteiger partial charge in [0.25, 0.3) is 0 Å². The van der Waals surface area contributed by atoms with Crippen LogP contribution in [-0.4, -0.2) is 23.3 Å². The summed E-state index contributed by atoms with van der Waals surface area (Å²) in [4.78, 5) is 26.4. The fourth-order valence-electron chi connectivity index (χ4n) is 1.32. The van der Waals surface area contributed by atoms with Crippen LogP contribution in [0, 0.1) is 6.92 Å². The highest BCUT2D eigenvalue weighted by Crippen LogP contribution is 2.13. The SMILES string of the molecule is Cc1csc(=O)n1CCCC(=O)NOCC(F)(F)F. The Kier molecular flexibility index (Phi) is 5.55. The van der Waals surface area contributed by atoms with Crippen LogP contribution in [0.5, 0.6) is 0 Å². The number of thiazole rings is 1. The Labute approximate surface area is 110 Å². The van der Waals surface area contributed by atoms with Crippen LogP contribution in [0.2, 0.25) is 0 Å². The monoisotopic (exact) mass is 298 g/mol. The van der Waals surface area contributed by atoms with Crippen molar-refractivity contribution in [3.8, 4) is 0 Å². The molecule has 9 heteroatoms. The molecule has 0 atom stereocenters. The van der Waals surface area contributed by atoms with E-state index in [1.807, 2.05) is 0 Å². The third-order valence-electron chi connectivity index (χ3n) is 2.18. The van der Waals surface area contributed by atoms with E-state index in [1.54, 1.807) is 17.8 Å². The van der Waals surface area contributed by atoms with Gasteiger partial charge in [0.2, 0.25) is 5.91 Å². The van der Waals surface area contributed by atoms with Crippen LogP contribution in [-0.2, 0) is 16.2 Å². The fraction of sp³-hybridized carbons (Fsp3) is 0.600. The summed E-state index contributed by atoms with van der Waals surface area (Å²) < 4.78 is 36.7. The summed E-state index contributed by atoms with van der Waals surface area (Å²) in [5, 5.41) is 1.70. The Hall–Kier alpha value is -1.35. The van der Waals surface area contributed by atoms with E-state index >= 15 is 0 Å². The first kappa shape index (κ1) is 15.7. The second-order valence-electron chi connectivity index (χ2n) is 3.83. The molecule has 1 N–H and O–H groups in total. The number of hydrogen-bond donors (Lipinski definition) is 1. The minimum absolute atomic E-state index is 0.0143. The normalized spacial score (nSPS) is 11.6. The quantitative estimate of drug-likeness (QED) is 0.812. The van der Waals surface area contributed by atoms with Crippen molar-refractivity contribution in [1.29, 1.82) is 0 Å². The molecule has 0 spiro atoms. The van der Waals surface area contributed by atoms with Crippen molar-refractivity contribution >= 4 is 17.2 Å². The summed E-state index contributed by atoms with van der Waals surface area (Å²) in [6.07, 6.45) is -4.15. The molecule has 19 heavy (non-hydrogen) atoms. The first-order valence-corrected chi connectivity index (χ1v) is 6.30. The lowest BCUT2D eigenvalue weighted by atomic mass is 10.3. The molecule has 1 heterocycles. The van der Waals surface area contributed by atoms with Crippen molar-refractivity contribution in [1.82, 2.24) is 10.0 Å². The number of nitrogens with zero attached hydrogens (tertiary/aromatic N) is 1. The van der Waals surface area contributed by atoms with Gasteiger partial charge in [-0.2, -0.15) is 13.2 Å². The van der Waals surface area contributed by atoms with Gasteiger partial charge in [0, 0.05) is 24.0 Å². The third kappa shape index (κ3) is 5.88. The number of aromatic nitrogens is 1. The number of nitrogens with one attached hydrogen (secondary N) is 1. The third-order valence-corrected chi connectivity index (χ3v) is 3.06. The van der Waals surface area contributed by atoms with Gasteiger partial charge in [-0.1, -0.05) is 11.3 Å². The van der Waals surface area contributed by atoms with Crippen LogP contribution in [0.3, 0.4) is 0 Å². The second-order valence-corrected chi connectivity index (χ2v) is 4.65. The Morgan fingerprint density at radius 1 is 1.53 bits per heavy atom. The van der Waals surface area contributed by atoms with Gasteiger partial charge in [0.1, 0.15) is 0 Å². The van der Waals surface area contributed by atoms with E-state index in [4.69, 9.17) is 0 Å². The number of carbonyl (C=O) groups is 1. The lowest BCUT2D eigenvalue weighted by Crippen LogP contribution is -2.29. The second kappa shape index (κ2) is 6.71. The molecule has 0 aliphatic heterocycles. The average molecular weight is 298 g/mol. The van der Waals surface area contributed by atoms with Gasteiger partial charge >= 0.3 is 11.0 Å². The van der Waals surface area contributed by atoms with Crippen LogP contribution in [0.4, 0.5) is 13.2 Å². The van der Waals surface area contributed by atoms with Gasteiger partial charge in [0.15, 0.2) is 6.61 Å². The van der Waals surface area contributed by atoms with Gasteiger partial charge in [-0.15, -0.1) is 0 Å². The van der Waals surface area contributed by atoms with Gasteiger partial charge in [-0.25, -0.2) is 5.48 Å². The number of amides is 1. The molecular weight excluding hydrogens is 285 g/mol. The molecule has 1 aromatic rings. The van der Waals surface area contributed by atoms with Crippen molar-refractivity contribution < 1.29 is 22.8 Å². The predicted octanol–water partition coefficient (Wildman–Crippen LogP) is 1.61. The molecular formula is C10H13F3N2O3S. The molecule has 0 unspecified atom stereocenters. The van der Waals surface area contributed by atoms with E-state index in [9.17, 15) is 22.8 Å². The van der Waals surface area contributed by atoms with Crippen LogP contribution in [0.1, 0.15) is 18.5 Å². The zero-order valence-corrected chi connectivity index (χ0v) is 10.9. The van der Waals surface area contributed by atoms with Crippen LogP contribution < -0.4 is 10.4 Å². The average Bonchev–Trinajstić information content (AvgIpc) is 2.58. The van der Waals surface area contributed by atoms with E-state index in [-0.39, 0.29) is 11.3 Å². The zero-order valence-electron chi connectivity index (χ0n) is 10.1. The number of hydrogen-bond acceptors (Lipinski definition) is 4. The van der Waals surface area contributed by atoms with Crippen molar-refractivity contribution in [3.63, 3.8) is 0 Å².